The highest BCUT2D eigenvalue weighted by Crippen LogP contribution is 2.25. The van der Waals surface area contributed by atoms with Gasteiger partial charge in [0.1, 0.15) is 6.54 Å². The van der Waals surface area contributed by atoms with Crippen molar-refractivity contribution in [2.24, 2.45) is 5.92 Å². The summed E-state index contributed by atoms with van der Waals surface area (Å²) in [7, 11) is 1.33. The number of rotatable bonds is 5. The Morgan fingerprint density at radius 2 is 2.12 bits per heavy atom. The maximum atomic E-state index is 12.2. The monoisotopic (exact) mass is 243 g/mol. The topological polar surface area (TPSA) is 55.8 Å². The minimum atomic E-state index is -0.382. The number of carbonyl (C=O) groups excluding carboxylic acids is 2. The molecule has 0 aromatic carbocycles. The zero-order valence-electron chi connectivity index (χ0n) is 10.8. The molecule has 1 amide bonds. The molecule has 1 aliphatic heterocycles. The SMILES string of the molecule is CCC1OCCC1C(=O)N(CC)CC(=O)OC. The van der Waals surface area contributed by atoms with Crippen LogP contribution in [0.3, 0.4) is 0 Å². The second-order valence-corrected chi connectivity index (χ2v) is 4.14. The summed E-state index contributed by atoms with van der Waals surface area (Å²) < 4.78 is 10.1. The van der Waals surface area contributed by atoms with E-state index in [1.807, 2.05) is 13.8 Å². The molecule has 5 nitrogen and oxygen atoms in total. The Morgan fingerprint density at radius 1 is 1.41 bits per heavy atom. The molecule has 0 spiro atoms. The van der Waals surface area contributed by atoms with E-state index in [1.165, 1.54) is 12.0 Å². The second-order valence-electron chi connectivity index (χ2n) is 4.14. The fraction of sp³-hybridized carbons (Fsp3) is 0.833. The van der Waals surface area contributed by atoms with Crippen LogP contribution in [0.25, 0.3) is 0 Å². The third kappa shape index (κ3) is 3.43. The van der Waals surface area contributed by atoms with Gasteiger partial charge in [-0.15, -0.1) is 0 Å². The van der Waals surface area contributed by atoms with Gasteiger partial charge in [0.25, 0.3) is 0 Å². The first-order valence-corrected chi connectivity index (χ1v) is 6.11. The Kier molecular flexibility index (Phi) is 5.41. The van der Waals surface area contributed by atoms with Crippen molar-refractivity contribution in [3.8, 4) is 0 Å². The molecule has 0 aromatic rings. The van der Waals surface area contributed by atoms with Crippen molar-refractivity contribution < 1.29 is 19.1 Å². The summed E-state index contributed by atoms with van der Waals surface area (Å²) in [5, 5.41) is 0. The molecule has 1 saturated heterocycles. The normalized spacial score (nSPS) is 23.5. The van der Waals surface area contributed by atoms with Crippen molar-refractivity contribution in [3.05, 3.63) is 0 Å². The number of methoxy groups -OCH3 is 1. The van der Waals surface area contributed by atoms with Crippen molar-refractivity contribution in [2.45, 2.75) is 32.8 Å². The smallest absolute Gasteiger partial charge is 0.325 e. The number of carbonyl (C=O) groups is 2. The van der Waals surface area contributed by atoms with Crippen LogP contribution >= 0.6 is 0 Å². The average molecular weight is 243 g/mol. The van der Waals surface area contributed by atoms with Gasteiger partial charge in [0, 0.05) is 13.2 Å². The van der Waals surface area contributed by atoms with Gasteiger partial charge in [-0.3, -0.25) is 9.59 Å². The Hall–Kier alpha value is -1.10. The summed E-state index contributed by atoms with van der Waals surface area (Å²) in [5.74, 6) is -0.487. The fourth-order valence-corrected chi connectivity index (χ4v) is 2.13. The van der Waals surface area contributed by atoms with Crippen molar-refractivity contribution in [3.63, 3.8) is 0 Å². The predicted molar refractivity (Wildman–Crippen MR) is 62.4 cm³/mol. The van der Waals surface area contributed by atoms with Gasteiger partial charge in [0.2, 0.25) is 5.91 Å². The summed E-state index contributed by atoms with van der Waals surface area (Å²) >= 11 is 0. The standard InChI is InChI=1S/C12H21NO4/c1-4-10-9(6-7-17-10)12(15)13(5-2)8-11(14)16-3/h9-10H,4-8H2,1-3H3. The van der Waals surface area contributed by atoms with Gasteiger partial charge in [-0.2, -0.15) is 0 Å². The third-order valence-electron chi connectivity index (χ3n) is 3.17. The van der Waals surface area contributed by atoms with Gasteiger partial charge >= 0.3 is 5.97 Å². The number of ether oxygens (including phenoxy) is 2. The van der Waals surface area contributed by atoms with E-state index in [4.69, 9.17) is 4.74 Å². The lowest BCUT2D eigenvalue weighted by Crippen LogP contribution is -2.42. The molecule has 98 valence electrons. The lowest BCUT2D eigenvalue weighted by molar-refractivity contribution is -0.149. The van der Waals surface area contributed by atoms with Crippen LogP contribution in [0.1, 0.15) is 26.7 Å². The second kappa shape index (κ2) is 6.59. The first kappa shape index (κ1) is 14.0. The number of hydrogen-bond donors (Lipinski definition) is 0. The highest BCUT2D eigenvalue weighted by Gasteiger charge is 2.35. The fourth-order valence-electron chi connectivity index (χ4n) is 2.13. The molecule has 1 aliphatic rings. The number of amides is 1. The number of nitrogens with zero attached hydrogens (tertiary/aromatic N) is 1. The molecule has 0 aromatic heterocycles. The molecule has 0 N–H and O–H groups in total. The maximum absolute atomic E-state index is 12.2. The number of esters is 1. The van der Waals surface area contributed by atoms with Crippen LogP contribution in [0.2, 0.25) is 0 Å². The maximum Gasteiger partial charge on any atom is 0.325 e. The Balaban J connectivity index is 2.62. The lowest BCUT2D eigenvalue weighted by Gasteiger charge is -2.25. The van der Waals surface area contributed by atoms with E-state index in [0.29, 0.717) is 13.2 Å². The zero-order valence-corrected chi connectivity index (χ0v) is 10.8. The molecule has 1 fully saturated rings. The highest BCUT2D eigenvalue weighted by atomic mass is 16.5. The predicted octanol–water partition coefficient (Wildman–Crippen LogP) is 0.823. The van der Waals surface area contributed by atoms with Crippen LogP contribution in [0, 0.1) is 5.92 Å². The van der Waals surface area contributed by atoms with E-state index < -0.39 is 0 Å². The molecule has 0 radical (unpaired) electrons. The minimum Gasteiger partial charge on any atom is -0.468 e. The Labute approximate surface area is 102 Å². The van der Waals surface area contributed by atoms with E-state index >= 15 is 0 Å². The van der Waals surface area contributed by atoms with E-state index in [2.05, 4.69) is 4.74 Å². The first-order chi connectivity index (χ1) is 8.13. The molecule has 1 heterocycles. The Bertz CT molecular complexity index is 280. The van der Waals surface area contributed by atoms with Crippen LogP contribution in [-0.4, -0.2) is 49.7 Å². The van der Waals surface area contributed by atoms with Crippen LogP contribution in [-0.2, 0) is 19.1 Å². The molecule has 1 rings (SSSR count). The largest absolute Gasteiger partial charge is 0.468 e. The summed E-state index contributed by atoms with van der Waals surface area (Å²) in [6.07, 6.45) is 1.57. The van der Waals surface area contributed by atoms with Crippen molar-refractivity contribution in [2.75, 3.05) is 26.8 Å². The van der Waals surface area contributed by atoms with E-state index in [1.54, 1.807) is 0 Å². The minimum absolute atomic E-state index is 0.00208. The molecule has 17 heavy (non-hydrogen) atoms. The third-order valence-corrected chi connectivity index (χ3v) is 3.17. The molecule has 2 unspecified atom stereocenters. The van der Waals surface area contributed by atoms with Gasteiger partial charge < -0.3 is 14.4 Å². The summed E-state index contributed by atoms with van der Waals surface area (Å²) in [6.45, 7) is 5.04. The van der Waals surface area contributed by atoms with Gasteiger partial charge in [-0.05, 0) is 19.8 Å². The Morgan fingerprint density at radius 3 is 2.65 bits per heavy atom. The van der Waals surface area contributed by atoms with Gasteiger partial charge in [0.05, 0.1) is 19.1 Å². The van der Waals surface area contributed by atoms with Crippen LogP contribution in [0.5, 0.6) is 0 Å². The quantitative estimate of drug-likeness (QED) is 0.671. The van der Waals surface area contributed by atoms with Gasteiger partial charge in [-0.25, -0.2) is 0 Å². The molecule has 0 aliphatic carbocycles. The zero-order chi connectivity index (χ0) is 12.8. The molecular formula is C12H21NO4. The average Bonchev–Trinajstić information content (AvgIpc) is 2.82. The van der Waals surface area contributed by atoms with Crippen molar-refractivity contribution >= 4 is 11.9 Å². The molecule has 0 bridgehead atoms. The van der Waals surface area contributed by atoms with E-state index in [9.17, 15) is 9.59 Å². The first-order valence-electron chi connectivity index (χ1n) is 6.11. The summed E-state index contributed by atoms with van der Waals surface area (Å²) in [4.78, 5) is 25.0. The number of hydrogen-bond acceptors (Lipinski definition) is 4. The summed E-state index contributed by atoms with van der Waals surface area (Å²) in [6, 6.07) is 0. The van der Waals surface area contributed by atoms with Crippen molar-refractivity contribution in [1.29, 1.82) is 0 Å². The molecule has 5 heteroatoms. The van der Waals surface area contributed by atoms with Crippen LogP contribution in [0.4, 0.5) is 0 Å². The van der Waals surface area contributed by atoms with E-state index in [-0.39, 0.29) is 30.4 Å². The van der Waals surface area contributed by atoms with Gasteiger partial charge in [0.15, 0.2) is 0 Å². The van der Waals surface area contributed by atoms with E-state index in [0.717, 1.165) is 12.8 Å². The van der Waals surface area contributed by atoms with Gasteiger partial charge in [-0.1, -0.05) is 6.92 Å². The summed E-state index contributed by atoms with van der Waals surface area (Å²) in [5.41, 5.74) is 0. The lowest BCUT2D eigenvalue weighted by atomic mass is 9.98. The highest BCUT2D eigenvalue weighted by molar-refractivity contribution is 5.84. The molecule has 2 atom stereocenters. The molecular weight excluding hydrogens is 222 g/mol. The molecule has 0 saturated carbocycles. The van der Waals surface area contributed by atoms with Crippen LogP contribution < -0.4 is 0 Å². The van der Waals surface area contributed by atoms with Crippen molar-refractivity contribution in [1.82, 2.24) is 4.90 Å². The van der Waals surface area contributed by atoms with Crippen LogP contribution in [0.15, 0.2) is 0 Å². The number of likely N-dealkylation sites (N-methyl/N-ethyl adjacent to an activating group) is 1.